The van der Waals surface area contributed by atoms with Gasteiger partial charge in [-0.1, -0.05) is 29.0 Å². The number of aryl methyl sites for hydroxylation is 1. The first-order valence-electron chi connectivity index (χ1n) is 5.44. The molecule has 2 aromatic rings. The lowest BCUT2D eigenvalue weighted by Crippen LogP contribution is -2.09. The molecular formula is C12H14ClN3S. The standard InChI is InChI=1S/C12H14ClN3S/c1-8-7-9(13)3-4-10(8)12-16-15-11(17-12)5-6-14-2/h3-4,7,14H,5-6H2,1-2H3. The normalized spacial score (nSPS) is 10.8. The lowest BCUT2D eigenvalue weighted by Gasteiger charge is -2.01. The monoisotopic (exact) mass is 267 g/mol. The van der Waals surface area contributed by atoms with Crippen molar-refractivity contribution in [2.45, 2.75) is 13.3 Å². The topological polar surface area (TPSA) is 37.8 Å². The summed E-state index contributed by atoms with van der Waals surface area (Å²) in [7, 11) is 1.94. The van der Waals surface area contributed by atoms with Gasteiger partial charge in [0.2, 0.25) is 0 Å². The number of hydrogen-bond donors (Lipinski definition) is 1. The van der Waals surface area contributed by atoms with E-state index in [9.17, 15) is 0 Å². The first-order chi connectivity index (χ1) is 8.20. The molecule has 0 radical (unpaired) electrons. The molecule has 1 aromatic carbocycles. The molecule has 1 N–H and O–H groups in total. The lowest BCUT2D eigenvalue weighted by atomic mass is 10.1. The van der Waals surface area contributed by atoms with Gasteiger partial charge < -0.3 is 5.32 Å². The van der Waals surface area contributed by atoms with Crippen molar-refractivity contribution in [3.63, 3.8) is 0 Å². The molecule has 1 aromatic heterocycles. The third-order valence-electron chi connectivity index (χ3n) is 2.47. The number of benzene rings is 1. The summed E-state index contributed by atoms with van der Waals surface area (Å²) in [5, 5.41) is 14.3. The number of nitrogens with one attached hydrogen (secondary N) is 1. The molecule has 1 heterocycles. The maximum absolute atomic E-state index is 5.94. The molecule has 0 saturated heterocycles. The van der Waals surface area contributed by atoms with Gasteiger partial charge in [-0.05, 0) is 31.7 Å². The Morgan fingerprint density at radius 2 is 2.18 bits per heavy atom. The average molecular weight is 268 g/mol. The fourth-order valence-electron chi connectivity index (χ4n) is 1.56. The van der Waals surface area contributed by atoms with E-state index in [2.05, 4.69) is 15.5 Å². The van der Waals surface area contributed by atoms with Gasteiger partial charge in [0.05, 0.1) is 0 Å². The molecule has 90 valence electrons. The summed E-state index contributed by atoms with van der Waals surface area (Å²) in [4.78, 5) is 0. The van der Waals surface area contributed by atoms with E-state index < -0.39 is 0 Å². The quantitative estimate of drug-likeness (QED) is 0.926. The van der Waals surface area contributed by atoms with Crippen LogP contribution in [0.3, 0.4) is 0 Å². The molecule has 2 rings (SSSR count). The Morgan fingerprint density at radius 3 is 2.88 bits per heavy atom. The van der Waals surface area contributed by atoms with Crippen LogP contribution in [0.1, 0.15) is 10.6 Å². The van der Waals surface area contributed by atoms with Crippen LogP contribution in [0.2, 0.25) is 5.02 Å². The van der Waals surface area contributed by atoms with Crippen molar-refractivity contribution in [3.05, 3.63) is 33.8 Å². The molecule has 3 nitrogen and oxygen atoms in total. The van der Waals surface area contributed by atoms with Gasteiger partial charge in [0.1, 0.15) is 10.0 Å². The van der Waals surface area contributed by atoms with Gasteiger partial charge in [-0.3, -0.25) is 0 Å². The van der Waals surface area contributed by atoms with Crippen molar-refractivity contribution in [3.8, 4) is 10.6 Å². The van der Waals surface area contributed by atoms with E-state index >= 15 is 0 Å². The van der Waals surface area contributed by atoms with Gasteiger partial charge in [-0.15, -0.1) is 10.2 Å². The largest absolute Gasteiger partial charge is 0.319 e. The first kappa shape index (κ1) is 12.5. The van der Waals surface area contributed by atoms with Crippen molar-refractivity contribution in [2.24, 2.45) is 0 Å². The molecule has 0 unspecified atom stereocenters. The molecule has 5 heteroatoms. The zero-order valence-corrected chi connectivity index (χ0v) is 11.4. The Hall–Kier alpha value is -0.970. The van der Waals surface area contributed by atoms with E-state index in [1.807, 2.05) is 32.2 Å². The summed E-state index contributed by atoms with van der Waals surface area (Å²) in [5.41, 5.74) is 2.25. The van der Waals surface area contributed by atoms with E-state index in [0.29, 0.717) is 0 Å². The number of halogens is 1. The molecule has 0 fully saturated rings. The predicted molar refractivity (Wildman–Crippen MR) is 72.7 cm³/mol. The van der Waals surface area contributed by atoms with Crippen molar-refractivity contribution in [1.82, 2.24) is 15.5 Å². The smallest absolute Gasteiger partial charge is 0.148 e. The van der Waals surface area contributed by atoms with E-state index in [1.54, 1.807) is 11.3 Å². The summed E-state index contributed by atoms with van der Waals surface area (Å²) >= 11 is 7.58. The number of likely N-dealkylation sites (N-methyl/N-ethyl adjacent to an activating group) is 1. The summed E-state index contributed by atoms with van der Waals surface area (Å²) in [5.74, 6) is 0. The molecule has 0 aliphatic heterocycles. The van der Waals surface area contributed by atoms with E-state index in [1.165, 1.54) is 0 Å². The highest BCUT2D eigenvalue weighted by Crippen LogP contribution is 2.28. The van der Waals surface area contributed by atoms with Crippen molar-refractivity contribution in [1.29, 1.82) is 0 Å². The second-order valence-electron chi connectivity index (χ2n) is 3.81. The van der Waals surface area contributed by atoms with Gasteiger partial charge in [0.25, 0.3) is 0 Å². The van der Waals surface area contributed by atoms with Crippen LogP contribution in [0, 0.1) is 6.92 Å². The summed E-state index contributed by atoms with van der Waals surface area (Å²) in [6.07, 6.45) is 0.917. The van der Waals surface area contributed by atoms with Crippen LogP contribution in [-0.4, -0.2) is 23.8 Å². The summed E-state index contributed by atoms with van der Waals surface area (Å²) in [6.45, 7) is 2.96. The zero-order valence-electron chi connectivity index (χ0n) is 9.83. The Balaban J connectivity index is 2.24. The van der Waals surface area contributed by atoms with Crippen LogP contribution in [-0.2, 0) is 6.42 Å². The van der Waals surface area contributed by atoms with E-state index in [0.717, 1.165) is 39.1 Å². The molecule has 0 amide bonds. The lowest BCUT2D eigenvalue weighted by molar-refractivity contribution is 0.779. The van der Waals surface area contributed by atoms with Crippen LogP contribution in [0.15, 0.2) is 18.2 Å². The molecule has 0 aliphatic rings. The van der Waals surface area contributed by atoms with Crippen LogP contribution in [0.4, 0.5) is 0 Å². The minimum absolute atomic E-state index is 0.756. The van der Waals surface area contributed by atoms with Crippen molar-refractivity contribution >= 4 is 22.9 Å². The van der Waals surface area contributed by atoms with Gasteiger partial charge >= 0.3 is 0 Å². The highest BCUT2D eigenvalue weighted by atomic mass is 35.5. The van der Waals surface area contributed by atoms with Gasteiger partial charge in [0.15, 0.2) is 0 Å². The molecule has 0 saturated carbocycles. The second-order valence-corrected chi connectivity index (χ2v) is 5.31. The Morgan fingerprint density at radius 1 is 1.35 bits per heavy atom. The second kappa shape index (κ2) is 5.58. The maximum atomic E-state index is 5.94. The fourth-order valence-corrected chi connectivity index (χ4v) is 2.72. The van der Waals surface area contributed by atoms with Crippen LogP contribution in [0.25, 0.3) is 10.6 Å². The van der Waals surface area contributed by atoms with E-state index in [-0.39, 0.29) is 0 Å². The van der Waals surface area contributed by atoms with Crippen molar-refractivity contribution in [2.75, 3.05) is 13.6 Å². The summed E-state index contributed by atoms with van der Waals surface area (Å²) < 4.78 is 0. The maximum Gasteiger partial charge on any atom is 0.148 e. The average Bonchev–Trinajstić information content (AvgIpc) is 2.75. The van der Waals surface area contributed by atoms with Gasteiger partial charge in [-0.2, -0.15) is 0 Å². The zero-order chi connectivity index (χ0) is 12.3. The van der Waals surface area contributed by atoms with Crippen molar-refractivity contribution < 1.29 is 0 Å². The third-order valence-corrected chi connectivity index (χ3v) is 3.73. The minimum atomic E-state index is 0.756. The molecule has 0 atom stereocenters. The first-order valence-corrected chi connectivity index (χ1v) is 6.63. The number of rotatable bonds is 4. The summed E-state index contributed by atoms with van der Waals surface area (Å²) in [6, 6.07) is 5.84. The van der Waals surface area contributed by atoms with Gasteiger partial charge in [0, 0.05) is 23.6 Å². The highest BCUT2D eigenvalue weighted by molar-refractivity contribution is 7.14. The van der Waals surface area contributed by atoms with Crippen LogP contribution in [0.5, 0.6) is 0 Å². The Kier molecular flexibility index (Phi) is 4.10. The molecule has 0 bridgehead atoms. The molecular weight excluding hydrogens is 254 g/mol. The number of aromatic nitrogens is 2. The molecule has 0 aliphatic carbocycles. The number of nitrogens with zero attached hydrogens (tertiary/aromatic N) is 2. The Labute approximate surface area is 110 Å². The Bertz CT molecular complexity index is 510. The number of hydrogen-bond acceptors (Lipinski definition) is 4. The molecule has 0 spiro atoms. The van der Waals surface area contributed by atoms with Crippen LogP contribution >= 0.6 is 22.9 Å². The third kappa shape index (κ3) is 3.03. The SMILES string of the molecule is CNCCc1nnc(-c2ccc(Cl)cc2C)s1. The van der Waals surface area contributed by atoms with E-state index in [4.69, 9.17) is 11.6 Å². The highest BCUT2D eigenvalue weighted by Gasteiger charge is 2.09. The minimum Gasteiger partial charge on any atom is -0.319 e. The van der Waals surface area contributed by atoms with Gasteiger partial charge in [-0.25, -0.2) is 0 Å². The fraction of sp³-hybridized carbons (Fsp3) is 0.333. The molecule has 17 heavy (non-hydrogen) atoms. The van der Waals surface area contributed by atoms with Crippen LogP contribution < -0.4 is 5.32 Å². The predicted octanol–water partition coefficient (Wildman–Crippen LogP) is 2.93.